The predicted molar refractivity (Wildman–Crippen MR) is 65.9 cm³/mol. The number of ether oxygens (including phenoxy) is 1. The van der Waals surface area contributed by atoms with E-state index in [1.165, 1.54) is 0 Å². The molecule has 90 valence electrons. The van der Waals surface area contributed by atoms with E-state index in [1.54, 1.807) is 11.3 Å². The van der Waals surface area contributed by atoms with E-state index in [9.17, 15) is 4.79 Å². The van der Waals surface area contributed by atoms with Crippen molar-refractivity contribution in [3.8, 4) is 0 Å². The Kier molecular flexibility index (Phi) is 5.63. The summed E-state index contributed by atoms with van der Waals surface area (Å²) in [5, 5.41) is 2.86. The van der Waals surface area contributed by atoms with E-state index in [4.69, 9.17) is 4.74 Å². The number of carbonyl (C=O) groups excluding carboxylic acids is 1. The molecule has 1 aromatic heterocycles. The molecule has 0 amide bonds. The largest absolute Gasteiger partial charge is 0.371 e. The molecule has 4 heteroatoms. The number of rotatable bonds is 7. The van der Waals surface area contributed by atoms with Crippen LogP contribution in [-0.2, 0) is 16.0 Å². The SMILES string of the molecule is CCCC(OCC)C(=O)Cc1nc(C)cs1. The van der Waals surface area contributed by atoms with Gasteiger partial charge in [-0.2, -0.15) is 0 Å². The molecule has 0 spiro atoms. The molecule has 1 aromatic rings. The summed E-state index contributed by atoms with van der Waals surface area (Å²) in [4.78, 5) is 16.2. The van der Waals surface area contributed by atoms with Crippen LogP contribution in [0.2, 0.25) is 0 Å². The van der Waals surface area contributed by atoms with Gasteiger partial charge in [0.25, 0.3) is 0 Å². The first-order valence-electron chi connectivity index (χ1n) is 5.72. The van der Waals surface area contributed by atoms with Gasteiger partial charge in [-0.1, -0.05) is 13.3 Å². The van der Waals surface area contributed by atoms with E-state index in [1.807, 2.05) is 19.2 Å². The van der Waals surface area contributed by atoms with Crippen LogP contribution < -0.4 is 0 Å². The molecule has 3 nitrogen and oxygen atoms in total. The summed E-state index contributed by atoms with van der Waals surface area (Å²) in [6.45, 7) is 6.51. The number of hydrogen-bond acceptors (Lipinski definition) is 4. The molecule has 0 radical (unpaired) electrons. The van der Waals surface area contributed by atoms with E-state index >= 15 is 0 Å². The molecule has 0 saturated heterocycles. The Morgan fingerprint density at radius 1 is 1.56 bits per heavy atom. The Bertz CT molecular complexity index is 330. The van der Waals surface area contributed by atoms with Gasteiger partial charge in [-0.25, -0.2) is 4.98 Å². The lowest BCUT2D eigenvalue weighted by atomic mass is 10.1. The molecule has 0 saturated carbocycles. The standard InChI is InChI=1S/C12H19NO2S/c1-4-6-11(15-5-2)10(14)7-12-13-9(3)8-16-12/h8,11H,4-7H2,1-3H3. The smallest absolute Gasteiger partial charge is 0.168 e. The van der Waals surface area contributed by atoms with E-state index in [2.05, 4.69) is 11.9 Å². The van der Waals surface area contributed by atoms with Gasteiger partial charge in [0.15, 0.2) is 5.78 Å². The average Bonchev–Trinajstić information content (AvgIpc) is 2.63. The van der Waals surface area contributed by atoms with E-state index in [0.29, 0.717) is 13.0 Å². The number of Topliss-reactive ketones (excluding diaryl/α,β-unsaturated/α-hetero) is 1. The summed E-state index contributed by atoms with van der Waals surface area (Å²) in [6, 6.07) is 0. The second kappa shape index (κ2) is 6.76. The first-order chi connectivity index (χ1) is 7.67. The van der Waals surface area contributed by atoms with Crippen LogP contribution in [0, 0.1) is 6.92 Å². The quantitative estimate of drug-likeness (QED) is 0.737. The molecule has 1 rings (SSSR count). The van der Waals surface area contributed by atoms with Crippen LogP contribution in [0.4, 0.5) is 0 Å². The van der Waals surface area contributed by atoms with E-state index in [-0.39, 0.29) is 11.9 Å². The fraction of sp³-hybridized carbons (Fsp3) is 0.667. The maximum absolute atomic E-state index is 11.9. The van der Waals surface area contributed by atoms with Gasteiger partial charge in [-0.3, -0.25) is 4.79 Å². The molecule has 0 fully saturated rings. The van der Waals surface area contributed by atoms with Crippen molar-refractivity contribution in [2.75, 3.05) is 6.61 Å². The van der Waals surface area contributed by atoms with Crippen molar-refractivity contribution in [1.29, 1.82) is 0 Å². The maximum atomic E-state index is 11.9. The molecule has 16 heavy (non-hydrogen) atoms. The summed E-state index contributed by atoms with van der Waals surface area (Å²) in [5.74, 6) is 0.151. The second-order valence-electron chi connectivity index (χ2n) is 3.76. The van der Waals surface area contributed by atoms with Crippen LogP contribution in [0.5, 0.6) is 0 Å². The van der Waals surface area contributed by atoms with Gasteiger partial charge in [-0.05, 0) is 20.3 Å². The van der Waals surface area contributed by atoms with Gasteiger partial charge in [0.05, 0.1) is 6.42 Å². The van der Waals surface area contributed by atoms with Crippen LogP contribution in [0.15, 0.2) is 5.38 Å². The van der Waals surface area contributed by atoms with Crippen molar-refractivity contribution in [1.82, 2.24) is 4.98 Å². The number of aromatic nitrogens is 1. The van der Waals surface area contributed by atoms with Crippen LogP contribution in [0.25, 0.3) is 0 Å². The number of aryl methyl sites for hydroxylation is 1. The monoisotopic (exact) mass is 241 g/mol. The maximum Gasteiger partial charge on any atom is 0.168 e. The Morgan fingerprint density at radius 2 is 2.31 bits per heavy atom. The highest BCUT2D eigenvalue weighted by Crippen LogP contribution is 2.13. The zero-order valence-corrected chi connectivity index (χ0v) is 11.0. The molecule has 0 N–H and O–H groups in total. The fourth-order valence-corrected chi connectivity index (χ4v) is 2.33. The molecular weight excluding hydrogens is 222 g/mol. The minimum absolute atomic E-state index is 0.151. The van der Waals surface area contributed by atoms with Gasteiger partial charge >= 0.3 is 0 Å². The number of ketones is 1. The lowest BCUT2D eigenvalue weighted by Gasteiger charge is -2.13. The summed E-state index contributed by atoms with van der Waals surface area (Å²) in [6.07, 6.45) is 1.92. The lowest BCUT2D eigenvalue weighted by molar-refractivity contribution is -0.130. The van der Waals surface area contributed by atoms with Gasteiger partial charge in [0, 0.05) is 17.7 Å². The van der Waals surface area contributed by atoms with Gasteiger partial charge < -0.3 is 4.74 Å². The Balaban J connectivity index is 2.54. The van der Waals surface area contributed by atoms with Crippen molar-refractivity contribution in [2.24, 2.45) is 0 Å². The number of hydrogen-bond donors (Lipinski definition) is 0. The van der Waals surface area contributed by atoms with Crippen LogP contribution in [-0.4, -0.2) is 23.5 Å². The first-order valence-corrected chi connectivity index (χ1v) is 6.60. The van der Waals surface area contributed by atoms with Crippen molar-refractivity contribution >= 4 is 17.1 Å². The Labute approximate surface area is 101 Å². The molecule has 0 aromatic carbocycles. The van der Waals surface area contributed by atoms with E-state index < -0.39 is 0 Å². The zero-order chi connectivity index (χ0) is 12.0. The first kappa shape index (κ1) is 13.3. The third-order valence-corrected chi connectivity index (χ3v) is 3.24. The molecule has 0 aliphatic rings. The number of carbonyl (C=O) groups is 1. The Hall–Kier alpha value is -0.740. The summed E-state index contributed by atoms with van der Waals surface area (Å²) < 4.78 is 5.45. The zero-order valence-electron chi connectivity index (χ0n) is 10.2. The van der Waals surface area contributed by atoms with Crippen molar-refractivity contribution < 1.29 is 9.53 Å². The highest BCUT2D eigenvalue weighted by atomic mass is 32.1. The average molecular weight is 241 g/mol. The molecule has 1 atom stereocenters. The predicted octanol–water partition coefficient (Wildman–Crippen LogP) is 2.77. The van der Waals surface area contributed by atoms with Crippen molar-refractivity contribution in [3.05, 3.63) is 16.1 Å². The molecule has 0 aliphatic heterocycles. The topological polar surface area (TPSA) is 39.2 Å². The molecule has 0 bridgehead atoms. The number of thiazole rings is 1. The highest BCUT2D eigenvalue weighted by Gasteiger charge is 2.18. The van der Waals surface area contributed by atoms with E-state index in [0.717, 1.165) is 23.5 Å². The molecule has 1 heterocycles. The molecule has 1 unspecified atom stereocenters. The number of nitrogens with zero attached hydrogens (tertiary/aromatic N) is 1. The van der Waals surface area contributed by atoms with Crippen molar-refractivity contribution in [2.45, 2.75) is 46.1 Å². The third-order valence-electron chi connectivity index (χ3n) is 2.27. The fourth-order valence-electron chi connectivity index (χ4n) is 1.55. The normalized spacial score (nSPS) is 12.7. The minimum atomic E-state index is -0.251. The minimum Gasteiger partial charge on any atom is -0.371 e. The van der Waals surface area contributed by atoms with Crippen LogP contribution in [0.1, 0.15) is 37.4 Å². The Morgan fingerprint density at radius 3 is 2.81 bits per heavy atom. The van der Waals surface area contributed by atoms with Gasteiger partial charge in [-0.15, -0.1) is 11.3 Å². The second-order valence-corrected chi connectivity index (χ2v) is 4.70. The summed E-state index contributed by atoms with van der Waals surface area (Å²) >= 11 is 1.54. The van der Waals surface area contributed by atoms with Gasteiger partial charge in [0.2, 0.25) is 0 Å². The third kappa shape index (κ3) is 4.02. The van der Waals surface area contributed by atoms with Crippen molar-refractivity contribution in [3.63, 3.8) is 0 Å². The van der Waals surface area contributed by atoms with Gasteiger partial charge in [0.1, 0.15) is 11.1 Å². The molecule has 0 aliphatic carbocycles. The molecular formula is C12H19NO2S. The summed E-state index contributed by atoms with van der Waals surface area (Å²) in [7, 11) is 0. The van der Waals surface area contributed by atoms with Crippen LogP contribution in [0.3, 0.4) is 0 Å². The lowest BCUT2D eigenvalue weighted by Crippen LogP contribution is -2.25. The highest BCUT2D eigenvalue weighted by molar-refractivity contribution is 7.09. The van der Waals surface area contributed by atoms with Crippen LogP contribution >= 0.6 is 11.3 Å². The summed E-state index contributed by atoms with van der Waals surface area (Å²) in [5.41, 5.74) is 0.983.